The minimum atomic E-state index is -0.226. The molecule has 148 valence electrons. The van der Waals surface area contributed by atoms with Crippen LogP contribution in [0.25, 0.3) is 0 Å². The molecular formula is C20H23BrN4O3. The van der Waals surface area contributed by atoms with Crippen LogP contribution in [-0.2, 0) is 17.9 Å². The second-order valence-electron chi connectivity index (χ2n) is 6.65. The number of fused-ring (bicyclic) bond motifs is 1. The molecule has 2 aromatic rings. The van der Waals surface area contributed by atoms with Gasteiger partial charge in [-0.05, 0) is 47.8 Å². The highest BCUT2D eigenvalue weighted by Crippen LogP contribution is 2.22. The van der Waals surface area contributed by atoms with Gasteiger partial charge in [-0.25, -0.2) is 0 Å². The summed E-state index contributed by atoms with van der Waals surface area (Å²) in [6.45, 7) is 3.56. The van der Waals surface area contributed by atoms with E-state index in [2.05, 4.69) is 26.3 Å². The molecule has 0 spiro atoms. The fourth-order valence-electron chi connectivity index (χ4n) is 3.28. The average Bonchev–Trinajstić information content (AvgIpc) is 3.18. The molecule has 0 bridgehead atoms. The number of nitrogens with zero attached hydrogens (tertiary/aromatic N) is 3. The average molecular weight is 447 g/mol. The molecule has 0 saturated heterocycles. The number of halogens is 1. The lowest BCUT2D eigenvalue weighted by molar-refractivity contribution is -0.121. The highest BCUT2D eigenvalue weighted by molar-refractivity contribution is 9.10. The molecule has 1 N–H and O–H groups in total. The smallest absolute Gasteiger partial charge is 0.261 e. The van der Waals surface area contributed by atoms with Crippen molar-refractivity contribution < 1.29 is 14.4 Å². The first-order valence-corrected chi connectivity index (χ1v) is 10.2. The lowest BCUT2D eigenvalue weighted by atomic mass is 10.1. The summed E-state index contributed by atoms with van der Waals surface area (Å²) >= 11 is 3.44. The number of hydrogen-bond donors (Lipinski definition) is 1. The molecule has 0 atom stereocenters. The van der Waals surface area contributed by atoms with E-state index < -0.39 is 0 Å². The van der Waals surface area contributed by atoms with Crippen LogP contribution in [-0.4, -0.2) is 38.9 Å². The lowest BCUT2D eigenvalue weighted by Crippen LogP contribution is -2.30. The zero-order valence-electron chi connectivity index (χ0n) is 15.8. The van der Waals surface area contributed by atoms with E-state index in [1.54, 1.807) is 30.5 Å². The largest absolute Gasteiger partial charge is 0.350 e. The number of carbonyl (C=O) groups excluding carboxylic acids is 3. The molecule has 0 saturated carbocycles. The van der Waals surface area contributed by atoms with Crippen molar-refractivity contribution in [2.45, 2.75) is 45.7 Å². The van der Waals surface area contributed by atoms with Gasteiger partial charge in [0, 0.05) is 19.5 Å². The van der Waals surface area contributed by atoms with Crippen LogP contribution in [0.3, 0.4) is 0 Å². The molecule has 28 heavy (non-hydrogen) atoms. The minimum Gasteiger partial charge on any atom is -0.350 e. The van der Waals surface area contributed by atoms with E-state index in [1.807, 2.05) is 11.6 Å². The molecular weight excluding hydrogens is 424 g/mol. The molecule has 0 fully saturated rings. The fourth-order valence-corrected chi connectivity index (χ4v) is 3.72. The summed E-state index contributed by atoms with van der Waals surface area (Å²) in [5, 5.41) is 7.13. The molecule has 0 aliphatic carbocycles. The molecule has 8 heteroatoms. The van der Waals surface area contributed by atoms with Crippen molar-refractivity contribution in [2.75, 3.05) is 6.54 Å². The quantitative estimate of drug-likeness (QED) is 0.473. The second-order valence-corrected chi connectivity index (χ2v) is 7.50. The summed E-state index contributed by atoms with van der Waals surface area (Å²) in [6, 6.07) is 6.89. The predicted molar refractivity (Wildman–Crippen MR) is 108 cm³/mol. The van der Waals surface area contributed by atoms with Crippen LogP contribution in [0, 0.1) is 0 Å². The summed E-state index contributed by atoms with van der Waals surface area (Å²) in [4.78, 5) is 37.9. The molecule has 1 aromatic heterocycles. The number of hydrogen-bond acceptors (Lipinski definition) is 4. The van der Waals surface area contributed by atoms with Crippen LogP contribution < -0.4 is 5.32 Å². The van der Waals surface area contributed by atoms with Crippen molar-refractivity contribution >= 4 is 33.7 Å². The molecule has 1 aromatic carbocycles. The van der Waals surface area contributed by atoms with E-state index in [0.717, 1.165) is 23.1 Å². The Hall–Kier alpha value is -2.48. The number of unbranched alkanes of at least 4 members (excludes halogenated alkanes) is 2. The Kier molecular flexibility index (Phi) is 6.61. The van der Waals surface area contributed by atoms with Crippen molar-refractivity contribution in [1.82, 2.24) is 20.0 Å². The van der Waals surface area contributed by atoms with Crippen LogP contribution in [0.4, 0.5) is 0 Å². The summed E-state index contributed by atoms with van der Waals surface area (Å²) in [7, 11) is 0. The third-order valence-electron chi connectivity index (χ3n) is 4.81. The summed E-state index contributed by atoms with van der Waals surface area (Å²) in [5.74, 6) is -0.468. The number of imide groups is 1. The number of aromatic nitrogens is 2. The van der Waals surface area contributed by atoms with Crippen molar-refractivity contribution in [1.29, 1.82) is 0 Å². The predicted octanol–water partition coefficient (Wildman–Crippen LogP) is 3.14. The first-order chi connectivity index (χ1) is 13.5. The highest BCUT2D eigenvalue weighted by atomic mass is 79.9. The van der Waals surface area contributed by atoms with Gasteiger partial charge in [-0.3, -0.25) is 24.0 Å². The van der Waals surface area contributed by atoms with E-state index in [1.165, 1.54) is 4.90 Å². The monoisotopic (exact) mass is 446 g/mol. The van der Waals surface area contributed by atoms with E-state index in [-0.39, 0.29) is 17.7 Å². The molecule has 7 nitrogen and oxygen atoms in total. The van der Waals surface area contributed by atoms with Crippen LogP contribution in [0.1, 0.15) is 59.0 Å². The van der Waals surface area contributed by atoms with Crippen molar-refractivity contribution in [3.05, 3.63) is 51.8 Å². The topological polar surface area (TPSA) is 84.3 Å². The first kappa shape index (κ1) is 20.3. The summed E-state index contributed by atoms with van der Waals surface area (Å²) < 4.78 is 2.72. The fraction of sp³-hybridized carbons (Fsp3) is 0.400. The Morgan fingerprint density at radius 3 is 2.43 bits per heavy atom. The van der Waals surface area contributed by atoms with E-state index in [4.69, 9.17) is 0 Å². The SMILES string of the molecule is CCn1ncc(Br)c1CNC(=O)CCCCCN1C(=O)c2ccccc2C1=O. The molecule has 1 aliphatic rings. The Labute approximate surface area is 172 Å². The Balaban J connectivity index is 1.36. The second kappa shape index (κ2) is 9.14. The maximum Gasteiger partial charge on any atom is 0.261 e. The van der Waals surface area contributed by atoms with Gasteiger partial charge in [0.05, 0.1) is 34.0 Å². The molecule has 0 radical (unpaired) electrons. The highest BCUT2D eigenvalue weighted by Gasteiger charge is 2.34. The summed E-state index contributed by atoms with van der Waals surface area (Å²) in [6.07, 6.45) is 4.32. The molecule has 1 aliphatic heterocycles. The van der Waals surface area contributed by atoms with Crippen LogP contribution >= 0.6 is 15.9 Å². The van der Waals surface area contributed by atoms with Gasteiger partial charge < -0.3 is 5.32 Å². The van der Waals surface area contributed by atoms with Crippen LogP contribution in [0.2, 0.25) is 0 Å². The number of benzene rings is 1. The van der Waals surface area contributed by atoms with E-state index in [9.17, 15) is 14.4 Å². The number of aryl methyl sites for hydroxylation is 1. The normalized spacial score (nSPS) is 13.1. The van der Waals surface area contributed by atoms with Gasteiger partial charge >= 0.3 is 0 Å². The zero-order chi connectivity index (χ0) is 20.1. The van der Waals surface area contributed by atoms with Crippen molar-refractivity contribution in [2.24, 2.45) is 0 Å². The Morgan fingerprint density at radius 1 is 1.11 bits per heavy atom. The molecule has 2 heterocycles. The molecule has 0 unspecified atom stereocenters. The maximum atomic E-state index is 12.3. The van der Waals surface area contributed by atoms with Crippen LogP contribution in [0.5, 0.6) is 0 Å². The Bertz CT molecular complexity index is 858. The van der Waals surface area contributed by atoms with Crippen molar-refractivity contribution in [3.63, 3.8) is 0 Å². The Morgan fingerprint density at radius 2 is 1.79 bits per heavy atom. The molecule has 3 amide bonds. The van der Waals surface area contributed by atoms with Gasteiger partial charge in [0.1, 0.15) is 0 Å². The third-order valence-corrected chi connectivity index (χ3v) is 5.48. The minimum absolute atomic E-state index is 0.0171. The van der Waals surface area contributed by atoms with Gasteiger partial charge in [-0.15, -0.1) is 0 Å². The number of nitrogens with one attached hydrogen (secondary N) is 1. The third kappa shape index (κ3) is 4.32. The van der Waals surface area contributed by atoms with E-state index >= 15 is 0 Å². The van der Waals surface area contributed by atoms with Gasteiger partial charge in [0.2, 0.25) is 5.91 Å². The van der Waals surface area contributed by atoms with Gasteiger partial charge in [0.15, 0.2) is 0 Å². The van der Waals surface area contributed by atoms with Gasteiger partial charge in [-0.1, -0.05) is 18.6 Å². The zero-order valence-corrected chi connectivity index (χ0v) is 17.4. The van der Waals surface area contributed by atoms with Gasteiger partial charge in [0.25, 0.3) is 11.8 Å². The number of carbonyl (C=O) groups is 3. The van der Waals surface area contributed by atoms with Gasteiger partial charge in [-0.2, -0.15) is 5.10 Å². The van der Waals surface area contributed by atoms with E-state index in [0.29, 0.717) is 43.5 Å². The van der Waals surface area contributed by atoms with Crippen molar-refractivity contribution in [3.8, 4) is 0 Å². The first-order valence-electron chi connectivity index (χ1n) is 9.45. The molecule has 3 rings (SSSR count). The van der Waals surface area contributed by atoms with Crippen LogP contribution in [0.15, 0.2) is 34.9 Å². The standard InChI is InChI=1S/C20H23BrN4O3/c1-2-25-17(16(21)12-23-25)13-22-18(26)10-4-3-7-11-24-19(27)14-8-5-6-9-15(14)20(24)28/h5-6,8-9,12H,2-4,7,10-11,13H2,1H3,(H,22,26). The maximum absolute atomic E-state index is 12.3. The summed E-state index contributed by atoms with van der Waals surface area (Å²) in [5.41, 5.74) is 1.90. The lowest BCUT2D eigenvalue weighted by Gasteiger charge is -2.13. The number of rotatable bonds is 9. The number of amides is 3.